The minimum Gasteiger partial charge on any atom is -0.451 e. The number of hydrogen-bond donors (Lipinski definition) is 1. The van der Waals surface area contributed by atoms with E-state index in [4.69, 9.17) is 4.74 Å². The molecule has 0 fully saturated rings. The van der Waals surface area contributed by atoms with Gasteiger partial charge in [0.05, 0.1) is 17.2 Å². The number of aryl methyl sites for hydroxylation is 2. The number of rotatable bonds is 5. The average molecular weight is 397 g/mol. The normalized spacial score (nSPS) is 11.9. The fraction of sp³-hybridized carbons (Fsp3) is 0.238. The largest absolute Gasteiger partial charge is 0.451 e. The molecule has 8 heteroatoms. The third-order valence-electron chi connectivity index (χ3n) is 4.47. The second-order valence-electron chi connectivity index (χ2n) is 6.73. The first-order valence-corrected chi connectivity index (χ1v) is 8.97. The standard InChI is InChI=1S/C21H20FN3O4/c1-12-7-8-15(9-17(12)22)24-20(27)14(3)29-18(26)10-25-11-23-19-13(2)5-4-6-16(19)21(25)28/h4-9,11,14H,10H2,1-3H3,(H,24,27). The lowest BCUT2D eigenvalue weighted by molar-refractivity contribution is -0.153. The minimum atomic E-state index is -1.13. The van der Waals surface area contributed by atoms with Gasteiger partial charge in [-0.3, -0.25) is 19.0 Å². The number of benzene rings is 2. The van der Waals surface area contributed by atoms with Gasteiger partial charge in [-0.25, -0.2) is 9.37 Å². The first-order chi connectivity index (χ1) is 13.8. The molecule has 1 unspecified atom stereocenters. The summed E-state index contributed by atoms with van der Waals surface area (Å²) in [6, 6.07) is 9.48. The smallest absolute Gasteiger partial charge is 0.326 e. The summed E-state index contributed by atoms with van der Waals surface area (Å²) >= 11 is 0. The van der Waals surface area contributed by atoms with Crippen LogP contribution >= 0.6 is 0 Å². The summed E-state index contributed by atoms with van der Waals surface area (Å²) in [5, 5.41) is 2.88. The van der Waals surface area contributed by atoms with Crippen LogP contribution in [0.5, 0.6) is 0 Å². The fourth-order valence-corrected chi connectivity index (χ4v) is 2.79. The molecule has 0 radical (unpaired) electrons. The highest BCUT2D eigenvalue weighted by atomic mass is 19.1. The molecule has 1 atom stereocenters. The Morgan fingerprint density at radius 3 is 2.69 bits per heavy atom. The molecule has 1 aromatic heterocycles. The molecule has 3 aromatic rings. The maximum atomic E-state index is 13.6. The van der Waals surface area contributed by atoms with E-state index in [1.807, 2.05) is 13.0 Å². The molecule has 0 bridgehead atoms. The Bertz CT molecular complexity index is 1160. The zero-order valence-electron chi connectivity index (χ0n) is 16.2. The van der Waals surface area contributed by atoms with Crippen LogP contribution in [0.2, 0.25) is 0 Å². The van der Waals surface area contributed by atoms with E-state index in [0.29, 0.717) is 16.5 Å². The van der Waals surface area contributed by atoms with Crippen LogP contribution in [-0.2, 0) is 20.9 Å². The van der Waals surface area contributed by atoms with Gasteiger partial charge in [0, 0.05) is 5.69 Å². The second-order valence-corrected chi connectivity index (χ2v) is 6.73. The van der Waals surface area contributed by atoms with Gasteiger partial charge in [-0.15, -0.1) is 0 Å². The number of amides is 1. The predicted molar refractivity (Wildman–Crippen MR) is 106 cm³/mol. The van der Waals surface area contributed by atoms with Crippen molar-refractivity contribution in [3.8, 4) is 0 Å². The Kier molecular flexibility index (Phi) is 5.72. The number of halogens is 1. The van der Waals surface area contributed by atoms with Gasteiger partial charge in [0.2, 0.25) is 0 Å². The van der Waals surface area contributed by atoms with Gasteiger partial charge in [0.15, 0.2) is 6.10 Å². The molecule has 0 aliphatic carbocycles. The number of hydrogen-bond acceptors (Lipinski definition) is 5. The molecule has 3 rings (SSSR count). The molecule has 0 saturated heterocycles. The molecule has 0 saturated carbocycles. The van der Waals surface area contributed by atoms with Crippen molar-refractivity contribution in [2.45, 2.75) is 33.4 Å². The van der Waals surface area contributed by atoms with Crippen LogP contribution < -0.4 is 10.9 Å². The number of carbonyl (C=O) groups excluding carboxylic acids is 2. The monoisotopic (exact) mass is 397 g/mol. The highest BCUT2D eigenvalue weighted by Crippen LogP contribution is 2.14. The summed E-state index contributed by atoms with van der Waals surface area (Å²) in [6.45, 7) is 4.46. The van der Waals surface area contributed by atoms with Crippen molar-refractivity contribution in [3.05, 3.63) is 70.0 Å². The number of esters is 1. The first kappa shape index (κ1) is 20.2. The van der Waals surface area contributed by atoms with Crippen LogP contribution in [0.15, 0.2) is 47.5 Å². The van der Waals surface area contributed by atoms with E-state index in [9.17, 15) is 18.8 Å². The van der Waals surface area contributed by atoms with E-state index in [1.54, 1.807) is 25.1 Å². The van der Waals surface area contributed by atoms with Crippen molar-refractivity contribution in [2.24, 2.45) is 0 Å². The van der Waals surface area contributed by atoms with E-state index in [-0.39, 0.29) is 17.8 Å². The molecular weight excluding hydrogens is 377 g/mol. The summed E-state index contributed by atoms with van der Waals surface area (Å²) in [5.74, 6) is -1.83. The highest BCUT2D eigenvalue weighted by molar-refractivity contribution is 5.95. The summed E-state index contributed by atoms with van der Waals surface area (Å²) in [4.78, 5) is 41.1. The van der Waals surface area contributed by atoms with Gasteiger partial charge in [-0.1, -0.05) is 18.2 Å². The zero-order chi connectivity index (χ0) is 21.1. The number of aromatic nitrogens is 2. The lowest BCUT2D eigenvalue weighted by Gasteiger charge is -2.14. The van der Waals surface area contributed by atoms with Crippen molar-refractivity contribution in [3.63, 3.8) is 0 Å². The lowest BCUT2D eigenvalue weighted by atomic mass is 10.1. The van der Waals surface area contributed by atoms with Gasteiger partial charge in [0.25, 0.3) is 11.5 Å². The summed E-state index contributed by atoms with van der Waals surface area (Å²) < 4.78 is 19.8. The third-order valence-corrected chi connectivity index (χ3v) is 4.47. The number of anilines is 1. The van der Waals surface area contributed by atoms with Gasteiger partial charge in [-0.2, -0.15) is 0 Å². The van der Waals surface area contributed by atoms with Gasteiger partial charge in [-0.05, 0) is 50.1 Å². The Hall–Kier alpha value is -3.55. The number of ether oxygens (including phenoxy) is 1. The maximum absolute atomic E-state index is 13.6. The molecule has 29 heavy (non-hydrogen) atoms. The van der Waals surface area contributed by atoms with Gasteiger partial charge >= 0.3 is 5.97 Å². The van der Waals surface area contributed by atoms with Crippen molar-refractivity contribution >= 4 is 28.5 Å². The SMILES string of the molecule is Cc1ccc(NC(=O)C(C)OC(=O)Cn2cnc3c(C)cccc3c2=O)cc1F. The number of nitrogens with zero attached hydrogens (tertiary/aromatic N) is 2. The van der Waals surface area contributed by atoms with Crippen molar-refractivity contribution in [1.82, 2.24) is 9.55 Å². The summed E-state index contributed by atoms with van der Waals surface area (Å²) in [6.07, 6.45) is 0.150. The Labute approximate surface area is 166 Å². The Balaban J connectivity index is 1.66. The van der Waals surface area contributed by atoms with E-state index in [2.05, 4.69) is 10.3 Å². The van der Waals surface area contributed by atoms with E-state index in [1.165, 1.54) is 25.4 Å². The predicted octanol–water partition coefficient (Wildman–Crippen LogP) is 2.72. The minimum absolute atomic E-state index is 0.256. The molecule has 1 amide bonds. The zero-order valence-corrected chi connectivity index (χ0v) is 16.2. The molecule has 0 spiro atoms. The molecule has 1 N–H and O–H groups in total. The molecular formula is C21H20FN3O4. The molecule has 2 aromatic carbocycles. The van der Waals surface area contributed by atoms with Crippen LogP contribution in [0, 0.1) is 19.7 Å². The number of carbonyl (C=O) groups is 2. The molecule has 150 valence electrons. The quantitative estimate of drug-likeness (QED) is 0.669. The van der Waals surface area contributed by atoms with Crippen LogP contribution in [0.4, 0.5) is 10.1 Å². The summed E-state index contributed by atoms with van der Waals surface area (Å²) in [7, 11) is 0. The van der Waals surface area contributed by atoms with Crippen LogP contribution in [0.1, 0.15) is 18.1 Å². The van der Waals surface area contributed by atoms with E-state index < -0.39 is 23.8 Å². The fourth-order valence-electron chi connectivity index (χ4n) is 2.79. The number of nitrogens with one attached hydrogen (secondary N) is 1. The number of para-hydroxylation sites is 1. The maximum Gasteiger partial charge on any atom is 0.326 e. The van der Waals surface area contributed by atoms with Crippen LogP contribution in [0.25, 0.3) is 10.9 Å². The first-order valence-electron chi connectivity index (χ1n) is 8.97. The molecule has 0 aliphatic rings. The average Bonchev–Trinajstić information content (AvgIpc) is 2.67. The van der Waals surface area contributed by atoms with Crippen LogP contribution in [-0.4, -0.2) is 27.5 Å². The van der Waals surface area contributed by atoms with Crippen LogP contribution in [0.3, 0.4) is 0 Å². The Morgan fingerprint density at radius 2 is 1.97 bits per heavy atom. The van der Waals surface area contributed by atoms with Gasteiger partial charge in [0.1, 0.15) is 12.4 Å². The Morgan fingerprint density at radius 1 is 1.21 bits per heavy atom. The molecule has 7 nitrogen and oxygen atoms in total. The summed E-state index contributed by atoms with van der Waals surface area (Å²) in [5.41, 5.74) is 1.76. The van der Waals surface area contributed by atoms with E-state index >= 15 is 0 Å². The third kappa shape index (κ3) is 4.48. The van der Waals surface area contributed by atoms with Crippen molar-refractivity contribution < 1.29 is 18.7 Å². The van der Waals surface area contributed by atoms with E-state index in [0.717, 1.165) is 10.1 Å². The number of fused-ring (bicyclic) bond motifs is 1. The molecule has 0 aliphatic heterocycles. The van der Waals surface area contributed by atoms with Crippen molar-refractivity contribution in [2.75, 3.05) is 5.32 Å². The topological polar surface area (TPSA) is 90.3 Å². The lowest BCUT2D eigenvalue weighted by Crippen LogP contribution is -2.33. The second kappa shape index (κ2) is 8.22. The highest BCUT2D eigenvalue weighted by Gasteiger charge is 2.19. The van der Waals surface area contributed by atoms with Crippen molar-refractivity contribution in [1.29, 1.82) is 0 Å². The van der Waals surface area contributed by atoms with Gasteiger partial charge < -0.3 is 10.1 Å². The molecule has 1 heterocycles.